The van der Waals surface area contributed by atoms with Crippen molar-refractivity contribution in [2.45, 2.75) is 18.7 Å². The second-order valence-corrected chi connectivity index (χ2v) is 9.25. The Labute approximate surface area is 166 Å². The molecule has 1 heterocycles. The summed E-state index contributed by atoms with van der Waals surface area (Å²) >= 11 is 6.03. The van der Waals surface area contributed by atoms with Crippen LogP contribution in [-0.4, -0.2) is 25.8 Å². The van der Waals surface area contributed by atoms with Gasteiger partial charge in [-0.2, -0.15) is 4.31 Å². The van der Waals surface area contributed by atoms with Crippen LogP contribution in [-0.2, 0) is 10.0 Å². The molecule has 0 radical (unpaired) electrons. The van der Waals surface area contributed by atoms with E-state index in [2.05, 4.69) is 12.3 Å². The molecule has 0 spiro atoms. The highest BCUT2D eigenvalue weighted by molar-refractivity contribution is 7.89. The number of rotatable bonds is 4. The van der Waals surface area contributed by atoms with Crippen molar-refractivity contribution < 1.29 is 8.42 Å². The topological polar surface area (TPSA) is 37.4 Å². The van der Waals surface area contributed by atoms with Crippen molar-refractivity contribution in [2.24, 2.45) is 5.92 Å². The van der Waals surface area contributed by atoms with Crippen LogP contribution in [0.25, 0.3) is 6.08 Å². The monoisotopic (exact) mass is 399 g/mol. The van der Waals surface area contributed by atoms with Crippen LogP contribution in [0.15, 0.2) is 76.9 Å². The summed E-state index contributed by atoms with van der Waals surface area (Å²) in [5.41, 5.74) is 7.08. The molecule has 0 aromatic heterocycles. The predicted molar refractivity (Wildman–Crippen MR) is 111 cm³/mol. The molecule has 2 aromatic rings. The van der Waals surface area contributed by atoms with E-state index in [0.29, 0.717) is 23.0 Å². The Morgan fingerprint density at radius 3 is 2.59 bits per heavy atom. The first-order chi connectivity index (χ1) is 12.8. The van der Waals surface area contributed by atoms with Crippen LogP contribution in [0.1, 0.15) is 18.1 Å². The maximum absolute atomic E-state index is 13.0. The smallest absolute Gasteiger partial charge is 0.207 e. The van der Waals surface area contributed by atoms with Crippen LogP contribution in [0.3, 0.4) is 0 Å². The lowest BCUT2D eigenvalue weighted by atomic mass is 9.96. The van der Waals surface area contributed by atoms with Crippen LogP contribution in [0.5, 0.6) is 0 Å². The summed E-state index contributed by atoms with van der Waals surface area (Å²) in [7, 11) is -3.55. The highest BCUT2D eigenvalue weighted by Crippen LogP contribution is 2.31. The minimum Gasteiger partial charge on any atom is -0.207 e. The third-order valence-electron chi connectivity index (χ3n) is 4.68. The second kappa shape index (κ2) is 7.87. The molecule has 1 fully saturated rings. The number of halogens is 1. The minimum atomic E-state index is -3.55. The van der Waals surface area contributed by atoms with E-state index in [1.165, 1.54) is 4.31 Å². The van der Waals surface area contributed by atoms with Crippen molar-refractivity contribution in [1.29, 1.82) is 0 Å². The molecule has 0 N–H and O–H groups in total. The molecule has 27 heavy (non-hydrogen) atoms. The molecule has 1 aliphatic rings. The van der Waals surface area contributed by atoms with Gasteiger partial charge in [-0.25, -0.2) is 8.42 Å². The third-order valence-corrected chi connectivity index (χ3v) is 6.74. The molecule has 1 atom stereocenters. The zero-order valence-electron chi connectivity index (χ0n) is 15.4. The van der Waals surface area contributed by atoms with Crippen LogP contribution in [0.4, 0.5) is 0 Å². The Hall–Kier alpha value is -2.10. The van der Waals surface area contributed by atoms with Gasteiger partial charge in [-0.15, -0.1) is 5.73 Å². The average molecular weight is 400 g/mol. The van der Waals surface area contributed by atoms with Gasteiger partial charge in [0.1, 0.15) is 0 Å². The lowest BCUT2D eigenvalue weighted by Crippen LogP contribution is -2.29. The molecule has 0 amide bonds. The molecule has 0 bridgehead atoms. The molecular formula is C22H22ClNO2S. The van der Waals surface area contributed by atoms with Gasteiger partial charge in [0.15, 0.2) is 0 Å². The molecular weight excluding hydrogens is 378 g/mol. The van der Waals surface area contributed by atoms with Crippen LogP contribution < -0.4 is 0 Å². The average Bonchev–Trinajstić information content (AvgIpc) is 3.06. The zero-order valence-corrected chi connectivity index (χ0v) is 17.0. The van der Waals surface area contributed by atoms with E-state index in [4.69, 9.17) is 11.6 Å². The number of hydrogen-bond donors (Lipinski definition) is 0. The molecule has 0 aliphatic carbocycles. The second-order valence-electron chi connectivity index (χ2n) is 6.88. The number of aryl methyl sites for hydroxylation is 1. The van der Waals surface area contributed by atoms with Gasteiger partial charge in [-0.1, -0.05) is 53.6 Å². The lowest BCUT2D eigenvalue weighted by Gasteiger charge is -2.16. The number of benzene rings is 2. The quantitative estimate of drug-likeness (QED) is 0.530. The highest BCUT2D eigenvalue weighted by Gasteiger charge is 2.36. The SMILES string of the molecule is C=C(C)C1CN(S(=O)(=O)c2ccc(C)cc2)CC1=C=Cc1cccc(Cl)c1. The van der Waals surface area contributed by atoms with Gasteiger partial charge in [-0.3, -0.25) is 0 Å². The van der Waals surface area contributed by atoms with E-state index in [1.807, 2.05) is 56.3 Å². The van der Waals surface area contributed by atoms with Gasteiger partial charge in [0, 0.05) is 24.0 Å². The Kier molecular flexibility index (Phi) is 5.73. The van der Waals surface area contributed by atoms with E-state index in [0.717, 1.165) is 22.3 Å². The summed E-state index contributed by atoms with van der Waals surface area (Å²) < 4.78 is 27.5. The third kappa shape index (κ3) is 4.42. The number of hydrogen-bond acceptors (Lipinski definition) is 2. The number of nitrogens with zero attached hydrogens (tertiary/aromatic N) is 1. The Morgan fingerprint density at radius 1 is 1.26 bits per heavy atom. The maximum Gasteiger partial charge on any atom is 0.243 e. The van der Waals surface area contributed by atoms with Crippen LogP contribution in [0.2, 0.25) is 5.02 Å². The number of sulfonamides is 1. The van der Waals surface area contributed by atoms with Crippen molar-refractivity contribution in [3.8, 4) is 0 Å². The van der Waals surface area contributed by atoms with Crippen LogP contribution in [0, 0.1) is 12.8 Å². The molecule has 1 unspecified atom stereocenters. The first kappa shape index (κ1) is 19.7. The van der Waals surface area contributed by atoms with Crippen LogP contribution >= 0.6 is 11.6 Å². The molecule has 3 rings (SSSR count). The van der Waals surface area contributed by atoms with Gasteiger partial charge in [0.25, 0.3) is 0 Å². The van der Waals surface area contributed by atoms with E-state index >= 15 is 0 Å². The van der Waals surface area contributed by atoms with E-state index < -0.39 is 10.0 Å². The van der Waals surface area contributed by atoms with Gasteiger partial charge in [0.05, 0.1) is 4.90 Å². The lowest BCUT2D eigenvalue weighted by molar-refractivity contribution is 0.468. The van der Waals surface area contributed by atoms with Crippen molar-refractivity contribution >= 4 is 27.7 Å². The maximum atomic E-state index is 13.0. The molecule has 5 heteroatoms. The summed E-state index contributed by atoms with van der Waals surface area (Å²) in [4.78, 5) is 0.314. The Bertz CT molecular complexity index is 1030. The zero-order chi connectivity index (χ0) is 19.6. The molecule has 2 aromatic carbocycles. The summed E-state index contributed by atoms with van der Waals surface area (Å²) in [5.74, 6) is -0.0411. The summed E-state index contributed by atoms with van der Waals surface area (Å²) in [6.45, 7) is 8.60. The highest BCUT2D eigenvalue weighted by atomic mass is 35.5. The molecule has 140 valence electrons. The normalized spacial score (nSPS) is 17.6. The summed E-state index contributed by atoms with van der Waals surface area (Å²) in [6, 6.07) is 14.4. The van der Waals surface area contributed by atoms with Gasteiger partial charge < -0.3 is 0 Å². The summed E-state index contributed by atoms with van der Waals surface area (Å²) in [5, 5.41) is 0.655. The Balaban J connectivity index is 1.94. The van der Waals surface area contributed by atoms with Gasteiger partial charge in [-0.05, 0) is 55.3 Å². The molecule has 0 saturated carbocycles. The van der Waals surface area contributed by atoms with Crippen molar-refractivity contribution in [3.05, 3.63) is 88.1 Å². The van der Waals surface area contributed by atoms with Gasteiger partial charge >= 0.3 is 0 Å². The largest absolute Gasteiger partial charge is 0.243 e. The molecule has 3 nitrogen and oxygen atoms in total. The summed E-state index contributed by atoms with van der Waals surface area (Å²) in [6.07, 6.45) is 1.85. The minimum absolute atomic E-state index is 0.0411. The fourth-order valence-electron chi connectivity index (χ4n) is 3.09. The van der Waals surface area contributed by atoms with Crippen molar-refractivity contribution in [1.82, 2.24) is 4.31 Å². The van der Waals surface area contributed by atoms with E-state index in [9.17, 15) is 8.42 Å². The van der Waals surface area contributed by atoms with E-state index in [1.54, 1.807) is 12.1 Å². The first-order valence-corrected chi connectivity index (χ1v) is 10.5. The van der Waals surface area contributed by atoms with Crippen molar-refractivity contribution in [3.63, 3.8) is 0 Å². The Morgan fingerprint density at radius 2 is 1.96 bits per heavy atom. The standard InChI is InChI=1S/C22H22ClNO2S/c1-16(2)22-15-24(27(25,26)21-11-7-17(3)8-12-21)14-19(22)10-9-18-5-4-6-20(23)13-18/h4-9,11-13,22H,1,14-15H2,2-3H3. The predicted octanol–water partition coefficient (Wildman–Crippen LogP) is 5.08. The fourth-order valence-corrected chi connectivity index (χ4v) is 4.72. The fraction of sp³-hybridized carbons (Fsp3) is 0.227. The first-order valence-electron chi connectivity index (χ1n) is 8.70. The van der Waals surface area contributed by atoms with Gasteiger partial charge in [0.2, 0.25) is 10.0 Å². The van der Waals surface area contributed by atoms with E-state index in [-0.39, 0.29) is 5.92 Å². The molecule has 1 saturated heterocycles. The molecule has 1 aliphatic heterocycles. The van der Waals surface area contributed by atoms with Crippen molar-refractivity contribution in [2.75, 3.05) is 13.1 Å².